The van der Waals surface area contributed by atoms with Gasteiger partial charge in [0.15, 0.2) is 0 Å². The van der Waals surface area contributed by atoms with Crippen LogP contribution in [-0.4, -0.2) is 23.9 Å². The summed E-state index contributed by atoms with van der Waals surface area (Å²) in [6.07, 6.45) is 3.51. The highest BCUT2D eigenvalue weighted by Gasteiger charge is 2.16. The first-order valence-electron chi connectivity index (χ1n) is 5.93. The Balaban J connectivity index is 2.68. The van der Waals surface area contributed by atoms with Gasteiger partial charge < -0.3 is 11.1 Å². The maximum atomic E-state index is 11.8. The molecule has 6 nitrogen and oxygen atoms in total. The Bertz CT molecular complexity index is 486. The standard InChI is InChI=1S/C13H17N3O3/c1-10(13(17)15-8-3-2-7-14)11-5-4-6-12(9-11)16(18)19/h2-6,9-10H,7-8,14H2,1H3,(H,15,17)/b3-2+. The SMILES string of the molecule is CC(C(=O)NC/C=C/CN)c1cccc([N+](=O)[O-])c1. The number of hydrogen-bond acceptors (Lipinski definition) is 4. The van der Waals surface area contributed by atoms with Crippen molar-refractivity contribution < 1.29 is 9.72 Å². The molecule has 0 spiro atoms. The lowest BCUT2D eigenvalue weighted by Gasteiger charge is -2.11. The first-order chi connectivity index (χ1) is 9.06. The Morgan fingerprint density at radius 1 is 1.53 bits per heavy atom. The van der Waals surface area contributed by atoms with Crippen molar-refractivity contribution in [2.45, 2.75) is 12.8 Å². The van der Waals surface area contributed by atoms with Crippen LogP contribution in [0.1, 0.15) is 18.4 Å². The van der Waals surface area contributed by atoms with E-state index in [1.807, 2.05) is 0 Å². The zero-order valence-electron chi connectivity index (χ0n) is 10.7. The monoisotopic (exact) mass is 263 g/mol. The maximum absolute atomic E-state index is 11.8. The lowest BCUT2D eigenvalue weighted by Crippen LogP contribution is -2.28. The van der Waals surface area contributed by atoms with Crippen molar-refractivity contribution >= 4 is 11.6 Å². The fraction of sp³-hybridized carbons (Fsp3) is 0.308. The van der Waals surface area contributed by atoms with Crippen LogP contribution < -0.4 is 11.1 Å². The van der Waals surface area contributed by atoms with Gasteiger partial charge in [-0.15, -0.1) is 0 Å². The van der Waals surface area contributed by atoms with Gasteiger partial charge in [0, 0.05) is 25.2 Å². The molecule has 0 aliphatic carbocycles. The molecule has 0 fully saturated rings. The van der Waals surface area contributed by atoms with E-state index in [4.69, 9.17) is 5.73 Å². The third-order valence-corrected chi connectivity index (χ3v) is 2.67. The maximum Gasteiger partial charge on any atom is 0.269 e. The largest absolute Gasteiger partial charge is 0.352 e. The van der Waals surface area contributed by atoms with Gasteiger partial charge in [0.25, 0.3) is 5.69 Å². The number of nitrogens with zero attached hydrogens (tertiary/aromatic N) is 1. The molecule has 0 heterocycles. The van der Waals surface area contributed by atoms with Gasteiger partial charge in [-0.05, 0) is 12.5 Å². The van der Waals surface area contributed by atoms with Gasteiger partial charge in [-0.3, -0.25) is 14.9 Å². The Labute approximate surface area is 111 Å². The third-order valence-electron chi connectivity index (χ3n) is 2.67. The van der Waals surface area contributed by atoms with Gasteiger partial charge in [-0.1, -0.05) is 24.3 Å². The molecular formula is C13H17N3O3. The van der Waals surface area contributed by atoms with Crippen molar-refractivity contribution in [2.75, 3.05) is 13.1 Å². The van der Waals surface area contributed by atoms with E-state index in [-0.39, 0.29) is 11.6 Å². The van der Waals surface area contributed by atoms with Crippen LogP contribution in [-0.2, 0) is 4.79 Å². The highest BCUT2D eigenvalue weighted by molar-refractivity contribution is 5.83. The summed E-state index contributed by atoms with van der Waals surface area (Å²) < 4.78 is 0. The molecule has 0 aliphatic rings. The fourth-order valence-corrected chi connectivity index (χ4v) is 1.55. The van der Waals surface area contributed by atoms with Gasteiger partial charge in [-0.2, -0.15) is 0 Å². The number of nitrogens with two attached hydrogens (primary N) is 1. The predicted molar refractivity (Wildman–Crippen MR) is 72.7 cm³/mol. The van der Waals surface area contributed by atoms with Crippen LogP contribution in [0.4, 0.5) is 5.69 Å². The topological polar surface area (TPSA) is 98.3 Å². The average Bonchev–Trinajstić information content (AvgIpc) is 2.42. The second-order valence-electron chi connectivity index (χ2n) is 4.03. The van der Waals surface area contributed by atoms with Crippen LogP contribution in [0.5, 0.6) is 0 Å². The van der Waals surface area contributed by atoms with E-state index >= 15 is 0 Å². The minimum Gasteiger partial charge on any atom is -0.352 e. The van der Waals surface area contributed by atoms with E-state index in [1.165, 1.54) is 12.1 Å². The lowest BCUT2D eigenvalue weighted by atomic mass is 10.00. The average molecular weight is 263 g/mol. The molecule has 0 aromatic heterocycles. The van der Waals surface area contributed by atoms with Crippen molar-refractivity contribution in [1.29, 1.82) is 0 Å². The molecule has 102 valence electrons. The van der Waals surface area contributed by atoms with Crippen LogP contribution in [0.3, 0.4) is 0 Å². The van der Waals surface area contributed by atoms with Crippen LogP contribution >= 0.6 is 0 Å². The summed E-state index contributed by atoms with van der Waals surface area (Å²) in [6, 6.07) is 6.09. The summed E-state index contributed by atoms with van der Waals surface area (Å²) in [5, 5.41) is 13.4. The first kappa shape index (κ1) is 14.8. The molecule has 1 rings (SSSR count). The quantitative estimate of drug-likeness (QED) is 0.459. The molecule has 1 amide bonds. The Kier molecular flexibility index (Phi) is 5.69. The number of non-ortho nitro benzene ring substituents is 1. The number of carbonyl (C=O) groups is 1. The van der Waals surface area contributed by atoms with Gasteiger partial charge in [0.1, 0.15) is 0 Å². The lowest BCUT2D eigenvalue weighted by molar-refractivity contribution is -0.384. The third kappa shape index (κ3) is 4.51. The fourth-order valence-electron chi connectivity index (χ4n) is 1.55. The summed E-state index contributed by atoms with van der Waals surface area (Å²) in [5.74, 6) is -0.617. The zero-order chi connectivity index (χ0) is 14.3. The van der Waals surface area contributed by atoms with E-state index in [1.54, 1.807) is 31.2 Å². The van der Waals surface area contributed by atoms with Crippen molar-refractivity contribution in [2.24, 2.45) is 5.73 Å². The van der Waals surface area contributed by atoms with Gasteiger partial charge in [0.2, 0.25) is 5.91 Å². The minimum atomic E-state index is -0.474. The van der Waals surface area contributed by atoms with Crippen molar-refractivity contribution in [3.63, 3.8) is 0 Å². The van der Waals surface area contributed by atoms with E-state index in [2.05, 4.69) is 5.32 Å². The first-order valence-corrected chi connectivity index (χ1v) is 5.93. The number of hydrogen-bond donors (Lipinski definition) is 2. The van der Waals surface area contributed by atoms with Gasteiger partial charge >= 0.3 is 0 Å². The summed E-state index contributed by atoms with van der Waals surface area (Å²) in [5.41, 5.74) is 5.88. The molecular weight excluding hydrogens is 246 g/mol. The predicted octanol–water partition coefficient (Wildman–Crippen LogP) is 1.33. The van der Waals surface area contributed by atoms with E-state index in [9.17, 15) is 14.9 Å². The summed E-state index contributed by atoms with van der Waals surface area (Å²) in [6.45, 7) is 2.53. The Hall–Kier alpha value is -2.21. The van der Waals surface area contributed by atoms with E-state index in [0.717, 1.165) is 0 Å². The number of nitrogens with one attached hydrogen (secondary N) is 1. The molecule has 1 atom stereocenters. The van der Waals surface area contributed by atoms with Crippen LogP contribution in [0, 0.1) is 10.1 Å². The van der Waals surface area contributed by atoms with Gasteiger partial charge in [0.05, 0.1) is 10.8 Å². The number of rotatable bonds is 6. The number of nitro groups is 1. The van der Waals surface area contributed by atoms with Crippen LogP contribution in [0.25, 0.3) is 0 Å². The molecule has 6 heteroatoms. The van der Waals surface area contributed by atoms with Gasteiger partial charge in [-0.25, -0.2) is 0 Å². The Morgan fingerprint density at radius 3 is 2.89 bits per heavy atom. The smallest absolute Gasteiger partial charge is 0.269 e. The molecule has 1 unspecified atom stereocenters. The molecule has 1 aromatic rings. The molecule has 0 saturated heterocycles. The normalized spacial score (nSPS) is 12.3. The highest BCUT2D eigenvalue weighted by Crippen LogP contribution is 2.20. The summed E-state index contributed by atoms with van der Waals surface area (Å²) >= 11 is 0. The Morgan fingerprint density at radius 2 is 2.26 bits per heavy atom. The molecule has 0 aliphatic heterocycles. The molecule has 0 saturated carbocycles. The van der Waals surface area contributed by atoms with Crippen molar-refractivity contribution in [3.05, 3.63) is 52.1 Å². The summed E-state index contributed by atoms with van der Waals surface area (Å²) in [4.78, 5) is 22.0. The van der Waals surface area contributed by atoms with Crippen molar-refractivity contribution in [1.82, 2.24) is 5.32 Å². The molecule has 3 N–H and O–H groups in total. The molecule has 0 bridgehead atoms. The number of nitro benzene ring substituents is 1. The van der Waals surface area contributed by atoms with Crippen molar-refractivity contribution in [3.8, 4) is 0 Å². The van der Waals surface area contributed by atoms with E-state index in [0.29, 0.717) is 18.7 Å². The molecule has 19 heavy (non-hydrogen) atoms. The second kappa shape index (κ2) is 7.27. The van der Waals surface area contributed by atoms with E-state index < -0.39 is 10.8 Å². The van der Waals surface area contributed by atoms with Crippen LogP contribution in [0.2, 0.25) is 0 Å². The number of carbonyl (C=O) groups excluding carboxylic acids is 1. The number of benzene rings is 1. The number of amides is 1. The molecule has 1 aromatic carbocycles. The minimum absolute atomic E-state index is 0.0137. The van der Waals surface area contributed by atoms with Crippen LogP contribution in [0.15, 0.2) is 36.4 Å². The highest BCUT2D eigenvalue weighted by atomic mass is 16.6. The summed E-state index contributed by atoms with van der Waals surface area (Å²) in [7, 11) is 0. The molecule has 0 radical (unpaired) electrons. The zero-order valence-corrected chi connectivity index (χ0v) is 10.7. The second-order valence-corrected chi connectivity index (χ2v) is 4.03.